The van der Waals surface area contributed by atoms with E-state index in [1.807, 2.05) is 11.6 Å². The molecule has 0 saturated carbocycles. The molecular weight excluding hydrogens is 276 g/mol. The first-order valence-electron chi connectivity index (χ1n) is 7.80. The quantitative estimate of drug-likeness (QED) is 0.760. The Hall–Kier alpha value is -2.17. The summed E-state index contributed by atoms with van der Waals surface area (Å²) in [6.45, 7) is 2.71. The van der Waals surface area contributed by atoms with Crippen LogP contribution in [0.1, 0.15) is 36.2 Å². The van der Waals surface area contributed by atoms with Crippen LogP contribution in [-0.2, 0) is 24.7 Å². The van der Waals surface area contributed by atoms with Crippen molar-refractivity contribution in [1.82, 2.24) is 20.1 Å². The zero-order chi connectivity index (χ0) is 15.8. The number of hydrogen-bond donors (Lipinski definition) is 1. The van der Waals surface area contributed by atoms with E-state index in [0.29, 0.717) is 19.4 Å². The van der Waals surface area contributed by atoms with Crippen molar-refractivity contribution in [3.63, 3.8) is 0 Å². The monoisotopic (exact) mass is 300 g/mol. The van der Waals surface area contributed by atoms with Crippen LogP contribution in [0.2, 0.25) is 0 Å². The molecule has 0 spiro atoms. The average molecular weight is 300 g/mol. The Labute approximate surface area is 131 Å². The third-order valence-corrected chi connectivity index (χ3v) is 3.72. The summed E-state index contributed by atoms with van der Waals surface area (Å²) in [5, 5.41) is 10.7. The van der Waals surface area contributed by atoms with Gasteiger partial charge in [-0.05, 0) is 31.7 Å². The fourth-order valence-electron chi connectivity index (χ4n) is 2.31. The van der Waals surface area contributed by atoms with Crippen LogP contribution in [0, 0.1) is 6.92 Å². The maximum Gasteiger partial charge on any atom is 0.220 e. The first-order chi connectivity index (χ1) is 10.6. The Balaban J connectivity index is 1.56. The molecular formula is C17H24N4O. The smallest absolute Gasteiger partial charge is 0.220 e. The number of rotatable bonds is 8. The lowest BCUT2D eigenvalue weighted by Gasteiger charge is -2.05. The summed E-state index contributed by atoms with van der Waals surface area (Å²) >= 11 is 0. The summed E-state index contributed by atoms with van der Waals surface area (Å²) in [6.07, 6.45) is 5.97. The third kappa shape index (κ3) is 5.31. The molecule has 2 rings (SSSR count). The molecule has 5 nitrogen and oxygen atoms in total. The summed E-state index contributed by atoms with van der Waals surface area (Å²) in [6, 6.07) is 8.59. The zero-order valence-electron chi connectivity index (χ0n) is 13.4. The van der Waals surface area contributed by atoms with Crippen molar-refractivity contribution in [2.24, 2.45) is 7.05 Å². The van der Waals surface area contributed by atoms with Crippen LogP contribution in [0.5, 0.6) is 0 Å². The molecule has 22 heavy (non-hydrogen) atoms. The number of carbonyl (C=O) groups is 1. The van der Waals surface area contributed by atoms with E-state index in [2.05, 4.69) is 46.7 Å². The molecule has 0 aliphatic carbocycles. The van der Waals surface area contributed by atoms with Gasteiger partial charge in [0, 0.05) is 26.4 Å². The molecule has 0 aliphatic rings. The van der Waals surface area contributed by atoms with Crippen LogP contribution >= 0.6 is 0 Å². The first-order valence-corrected chi connectivity index (χ1v) is 7.80. The average Bonchev–Trinajstić information content (AvgIpc) is 2.91. The van der Waals surface area contributed by atoms with Crippen LogP contribution in [0.25, 0.3) is 0 Å². The predicted octanol–water partition coefficient (Wildman–Crippen LogP) is 2.20. The van der Waals surface area contributed by atoms with Crippen LogP contribution in [-0.4, -0.2) is 27.2 Å². The van der Waals surface area contributed by atoms with Crippen LogP contribution < -0.4 is 5.32 Å². The lowest BCUT2D eigenvalue weighted by atomic mass is 10.1. The zero-order valence-corrected chi connectivity index (χ0v) is 13.4. The van der Waals surface area contributed by atoms with Gasteiger partial charge in [-0.15, -0.1) is 10.2 Å². The lowest BCUT2D eigenvalue weighted by Crippen LogP contribution is -2.26. The highest BCUT2D eigenvalue weighted by Gasteiger charge is 2.04. The van der Waals surface area contributed by atoms with Gasteiger partial charge in [0.1, 0.15) is 12.2 Å². The molecule has 1 aromatic heterocycles. The summed E-state index contributed by atoms with van der Waals surface area (Å²) in [5.41, 5.74) is 2.62. The van der Waals surface area contributed by atoms with E-state index in [-0.39, 0.29) is 5.91 Å². The van der Waals surface area contributed by atoms with Crippen molar-refractivity contribution < 1.29 is 4.79 Å². The topological polar surface area (TPSA) is 59.8 Å². The van der Waals surface area contributed by atoms with E-state index in [1.54, 1.807) is 6.33 Å². The van der Waals surface area contributed by atoms with Gasteiger partial charge in [-0.2, -0.15) is 0 Å². The van der Waals surface area contributed by atoms with Gasteiger partial charge in [0.2, 0.25) is 5.91 Å². The van der Waals surface area contributed by atoms with Gasteiger partial charge in [0.05, 0.1) is 0 Å². The molecule has 0 bridgehead atoms. The summed E-state index contributed by atoms with van der Waals surface area (Å²) in [7, 11) is 1.90. The number of hydrogen-bond acceptors (Lipinski definition) is 3. The van der Waals surface area contributed by atoms with Gasteiger partial charge in [0.15, 0.2) is 0 Å². The highest BCUT2D eigenvalue weighted by molar-refractivity contribution is 5.75. The molecule has 0 aliphatic heterocycles. The maximum atomic E-state index is 11.8. The SMILES string of the molecule is Cc1ccc(CCCCC(=O)NCCc2nncn2C)cc1. The molecule has 1 amide bonds. The Morgan fingerprint density at radius 1 is 1.18 bits per heavy atom. The second-order valence-corrected chi connectivity index (χ2v) is 5.65. The normalized spacial score (nSPS) is 10.6. The van der Waals surface area contributed by atoms with Crippen LogP contribution in [0.15, 0.2) is 30.6 Å². The van der Waals surface area contributed by atoms with Gasteiger partial charge in [-0.3, -0.25) is 4.79 Å². The number of nitrogens with one attached hydrogen (secondary N) is 1. The Kier molecular flexibility index (Phi) is 6.13. The summed E-state index contributed by atoms with van der Waals surface area (Å²) < 4.78 is 1.87. The number of nitrogens with zero attached hydrogens (tertiary/aromatic N) is 3. The highest BCUT2D eigenvalue weighted by atomic mass is 16.1. The molecule has 1 N–H and O–H groups in total. The number of aromatic nitrogens is 3. The van der Waals surface area contributed by atoms with Crippen molar-refractivity contribution in [1.29, 1.82) is 0 Å². The predicted molar refractivity (Wildman–Crippen MR) is 86.5 cm³/mol. The van der Waals surface area contributed by atoms with Crippen molar-refractivity contribution in [2.45, 2.75) is 39.0 Å². The van der Waals surface area contributed by atoms with E-state index < -0.39 is 0 Å². The Bertz CT molecular complexity index is 589. The molecule has 0 radical (unpaired) electrons. The molecule has 0 atom stereocenters. The van der Waals surface area contributed by atoms with E-state index in [1.165, 1.54) is 11.1 Å². The van der Waals surface area contributed by atoms with Crippen LogP contribution in [0.3, 0.4) is 0 Å². The minimum absolute atomic E-state index is 0.117. The van der Waals surface area contributed by atoms with Crippen molar-refractivity contribution in [3.8, 4) is 0 Å². The molecule has 2 aromatic rings. The highest BCUT2D eigenvalue weighted by Crippen LogP contribution is 2.08. The third-order valence-electron chi connectivity index (χ3n) is 3.72. The standard InChI is InChI=1S/C17H24N4O/c1-14-7-9-15(10-8-14)5-3-4-6-17(22)18-12-11-16-20-19-13-21(16)2/h7-10,13H,3-6,11-12H2,1-2H3,(H,18,22). The molecule has 0 unspecified atom stereocenters. The molecule has 1 heterocycles. The molecule has 0 fully saturated rings. The van der Waals surface area contributed by atoms with E-state index in [0.717, 1.165) is 25.1 Å². The van der Waals surface area contributed by atoms with Gasteiger partial charge < -0.3 is 9.88 Å². The Morgan fingerprint density at radius 3 is 2.64 bits per heavy atom. The second-order valence-electron chi connectivity index (χ2n) is 5.65. The molecule has 1 aromatic carbocycles. The van der Waals surface area contributed by atoms with Crippen molar-refractivity contribution >= 4 is 5.91 Å². The fourth-order valence-corrected chi connectivity index (χ4v) is 2.31. The molecule has 0 saturated heterocycles. The Morgan fingerprint density at radius 2 is 1.95 bits per heavy atom. The first kappa shape index (κ1) is 16.2. The van der Waals surface area contributed by atoms with Gasteiger partial charge in [-0.1, -0.05) is 29.8 Å². The minimum atomic E-state index is 0.117. The van der Waals surface area contributed by atoms with E-state index in [9.17, 15) is 4.79 Å². The second kappa shape index (κ2) is 8.32. The van der Waals surface area contributed by atoms with Crippen molar-refractivity contribution in [3.05, 3.63) is 47.5 Å². The maximum absolute atomic E-state index is 11.8. The van der Waals surface area contributed by atoms with Gasteiger partial charge in [-0.25, -0.2) is 0 Å². The van der Waals surface area contributed by atoms with Gasteiger partial charge >= 0.3 is 0 Å². The van der Waals surface area contributed by atoms with Crippen LogP contribution in [0.4, 0.5) is 0 Å². The largest absolute Gasteiger partial charge is 0.356 e. The summed E-state index contributed by atoms with van der Waals surface area (Å²) in [4.78, 5) is 11.8. The van der Waals surface area contributed by atoms with E-state index >= 15 is 0 Å². The fraction of sp³-hybridized carbons (Fsp3) is 0.471. The number of benzene rings is 1. The molecule has 5 heteroatoms. The summed E-state index contributed by atoms with van der Waals surface area (Å²) in [5.74, 6) is 1.01. The van der Waals surface area contributed by atoms with Crippen molar-refractivity contribution in [2.75, 3.05) is 6.54 Å². The number of amides is 1. The van der Waals surface area contributed by atoms with Gasteiger partial charge in [0.25, 0.3) is 0 Å². The lowest BCUT2D eigenvalue weighted by molar-refractivity contribution is -0.121. The number of aryl methyl sites for hydroxylation is 3. The molecule has 118 valence electrons. The number of unbranched alkanes of at least 4 members (excludes halogenated alkanes) is 1. The minimum Gasteiger partial charge on any atom is -0.356 e. The number of carbonyl (C=O) groups excluding carboxylic acids is 1. The van der Waals surface area contributed by atoms with E-state index in [4.69, 9.17) is 0 Å².